The number of nitrogen functional groups attached to an aromatic ring is 1. The molecule has 2 N–H and O–H groups in total. The molecular formula is C21H27ClN6O3S. The summed E-state index contributed by atoms with van der Waals surface area (Å²) < 4.78 is 7.99. The number of unbranched alkanes of at least 4 members (excludes halogenated alkanes) is 1. The molecule has 3 rings (SSSR count). The van der Waals surface area contributed by atoms with Crippen molar-refractivity contribution in [3.05, 3.63) is 45.3 Å². The predicted octanol–water partition coefficient (Wildman–Crippen LogP) is 4.01. The lowest BCUT2D eigenvalue weighted by atomic mass is 10.2. The molecule has 0 fully saturated rings. The lowest BCUT2D eigenvalue weighted by Crippen LogP contribution is -2.38. The third kappa shape index (κ3) is 5.18. The number of halogens is 1. The number of benzene rings is 1. The smallest absolute Gasteiger partial charge is 0.339 e. The zero-order chi connectivity index (χ0) is 23.3. The summed E-state index contributed by atoms with van der Waals surface area (Å²) in [6, 6.07) is 6.67. The Morgan fingerprint density at radius 2 is 1.94 bits per heavy atom. The molecule has 2 heterocycles. The molecule has 1 aromatic carbocycles. The molecule has 0 saturated heterocycles. The van der Waals surface area contributed by atoms with E-state index in [-0.39, 0.29) is 29.5 Å². The molecule has 32 heavy (non-hydrogen) atoms. The Balaban J connectivity index is 2.13. The first kappa shape index (κ1) is 23.9. The minimum Gasteiger partial charge on any atom is -0.389 e. The Morgan fingerprint density at radius 1 is 1.22 bits per heavy atom. The van der Waals surface area contributed by atoms with E-state index >= 15 is 0 Å². The van der Waals surface area contributed by atoms with Crippen LogP contribution in [0.4, 0.5) is 10.6 Å². The minimum atomic E-state index is -0.539. The van der Waals surface area contributed by atoms with Crippen LogP contribution >= 0.6 is 23.6 Å². The molecule has 0 aliphatic heterocycles. The molecule has 0 atom stereocenters. The van der Waals surface area contributed by atoms with E-state index in [9.17, 15) is 9.59 Å². The van der Waals surface area contributed by atoms with Gasteiger partial charge in [-0.3, -0.25) is 4.57 Å². The van der Waals surface area contributed by atoms with Gasteiger partial charge in [-0.2, -0.15) is 9.97 Å². The van der Waals surface area contributed by atoms with Crippen LogP contribution in [0.15, 0.2) is 29.1 Å². The molecule has 2 aromatic heterocycles. The molecule has 0 spiro atoms. The van der Waals surface area contributed by atoms with Crippen LogP contribution in [-0.2, 0) is 6.54 Å². The maximum atomic E-state index is 13.4. The highest BCUT2D eigenvalue weighted by atomic mass is 35.5. The van der Waals surface area contributed by atoms with Gasteiger partial charge >= 0.3 is 17.7 Å². The molecule has 0 radical (unpaired) electrons. The van der Waals surface area contributed by atoms with Gasteiger partial charge < -0.3 is 14.8 Å². The van der Waals surface area contributed by atoms with E-state index in [1.165, 1.54) is 21.5 Å². The van der Waals surface area contributed by atoms with Crippen molar-refractivity contribution in [2.24, 2.45) is 0 Å². The molecule has 0 saturated carbocycles. The lowest BCUT2D eigenvalue weighted by Gasteiger charge is -2.16. The first-order chi connectivity index (χ1) is 15.4. The average molecular weight is 479 g/mol. The number of nitrogens with zero attached hydrogens (tertiary/aromatic N) is 5. The van der Waals surface area contributed by atoms with Crippen molar-refractivity contribution in [2.45, 2.75) is 39.7 Å². The maximum absolute atomic E-state index is 13.4. The van der Waals surface area contributed by atoms with Crippen LogP contribution in [-0.4, -0.2) is 49.4 Å². The molecule has 172 valence electrons. The molecule has 0 aliphatic carbocycles. The Morgan fingerprint density at radius 3 is 2.59 bits per heavy atom. The number of aromatic nitrogens is 4. The molecule has 1 amide bonds. The van der Waals surface area contributed by atoms with Crippen molar-refractivity contribution in [1.82, 2.24) is 24.0 Å². The Bertz CT molecular complexity index is 1150. The van der Waals surface area contributed by atoms with E-state index in [1.54, 1.807) is 19.2 Å². The fourth-order valence-corrected chi connectivity index (χ4v) is 3.67. The Labute approximate surface area is 195 Å². The highest BCUT2D eigenvalue weighted by Gasteiger charge is 2.26. The van der Waals surface area contributed by atoms with E-state index in [0.717, 1.165) is 35.1 Å². The first-order valence-electron chi connectivity index (χ1n) is 10.5. The standard InChI is InChI=1S/C21H27ClN6O3S/c1-4-6-11-26(3)20(29)28-16-17(23)24-19(31-32-12-5-2)25-18(16)27(21(28)30)13-14-7-9-15(22)10-8-14/h7-10H,4-6,11-13H2,1-3H3,(H2,23,24,25). The molecule has 0 aliphatic rings. The summed E-state index contributed by atoms with van der Waals surface area (Å²) in [6.07, 6.45) is 2.66. The average Bonchev–Trinajstić information content (AvgIpc) is 3.05. The monoisotopic (exact) mass is 478 g/mol. The third-order valence-electron chi connectivity index (χ3n) is 4.81. The summed E-state index contributed by atoms with van der Waals surface area (Å²) in [5.41, 5.74) is 6.89. The van der Waals surface area contributed by atoms with Gasteiger partial charge in [-0.1, -0.05) is 44.0 Å². The summed E-state index contributed by atoms with van der Waals surface area (Å²) in [7, 11) is 1.66. The number of fused-ring (bicyclic) bond motifs is 1. The fraction of sp³-hybridized carbons (Fsp3) is 0.429. The molecule has 0 bridgehead atoms. The van der Waals surface area contributed by atoms with Gasteiger partial charge in [0.2, 0.25) is 0 Å². The molecule has 0 unspecified atom stereocenters. The number of carbonyl (C=O) groups excluding carboxylic acids is 1. The van der Waals surface area contributed by atoms with Crippen molar-refractivity contribution in [3.63, 3.8) is 0 Å². The van der Waals surface area contributed by atoms with Gasteiger partial charge in [0.25, 0.3) is 0 Å². The van der Waals surface area contributed by atoms with Crippen LogP contribution in [0.25, 0.3) is 11.2 Å². The summed E-state index contributed by atoms with van der Waals surface area (Å²) >= 11 is 7.19. The van der Waals surface area contributed by atoms with Crippen LogP contribution in [0.5, 0.6) is 6.01 Å². The number of imidazole rings is 1. The largest absolute Gasteiger partial charge is 0.389 e. The normalized spacial score (nSPS) is 11.1. The molecule has 9 nitrogen and oxygen atoms in total. The van der Waals surface area contributed by atoms with Crippen molar-refractivity contribution in [3.8, 4) is 6.01 Å². The number of amides is 1. The number of rotatable bonds is 9. The summed E-state index contributed by atoms with van der Waals surface area (Å²) in [4.78, 5) is 36.6. The van der Waals surface area contributed by atoms with Crippen LogP contribution in [0.2, 0.25) is 5.02 Å². The summed E-state index contributed by atoms with van der Waals surface area (Å²) in [5, 5.41) is 0.589. The molecule has 11 heteroatoms. The van der Waals surface area contributed by atoms with E-state index in [1.807, 2.05) is 26.0 Å². The maximum Gasteiger partial charge on any atom is 0.339 e. The van der Waals surface area contributed by atoms with Crippen molar-refractivity contribution in [2.75, 3.05) is 25.1 Å². The van der Waals surface area contributed by atoms with Crippen molar-refractivity contribution in [1.29, 1.82) is 0 Å². The van der Waals surface area contributed by atoms with Gasteiger partial charge in [-0.05, 0) is 30.5 Å². The number of carbonyl (C=O) groups is 1. The van der Waals surface area contributed by atoms with E-state index in [2.05, 4.69) is 9.97 Å². The van der Waals surface area contributed by atoms with E-state index in [4.69, 9.17) is 21.5 Å². The minimum absolute atomic E-state index is 0.00583. The summed E-state index contributed by atoms with van der Waals surface area (Å²) in [5.74, 6) is 0.756. The second-order valence-electron chi connectivity index (χ2n) is 7.36. The van der Waals surface area contributed by atoms with Gasteiger partial charge in [0.15, 0.2) is 11.5 Å². The molecular weight excluding hydrogens is 452 g/mol. The summed E-state index contributed by atoms with van der Waals surface area (Å²) in [6.45, 7) is 4.76. The van der Waals surface area contributed by atoms with Crippen molar-refractivity contribution < 1.29 is 8.98 Å². The third-order valence-corrected chi connectivity index (χ3v) is 5.91. The van der Waals surface area contributed by atoms with Gasteiger partial charge in [-0.25, -0.2) is 14.2 Å². The van der Waals surface area contributed by atoms with Crippen molar-refractivity contribution >= 4 is 46.7 Å². The zero-order valence-electron chi connectivity index (χ0n) is 18.4. The van der Waals surface area contributed by atoms with E-state index < -0.39 is 11.7 Å². The van der Waals surface area contributed by atoms with Gasteiger partial charge in [-0.15, -0.1) is 0 Å². The van der Waals surface area contributed by atoms with Gasteiger partial charge in [0.1, 0.15) is 5.52 Å². The predicted molar refractivity (Wildman–Crippen MR) is 128 cm³/mol. The number of hydrogen-bond donors (Lipinski definition) is 1. The SMILES string of the molecule is CCCCN(C)C(=O)n1c(=O)n(Cc2ccc(Cl)cc2)c2nc(OSCCC)nc(N)c21. The fourth-order valence-electron chi connectivity index (χ4n) is 3.12. The van der Waals surface area contributed by atoms with Crippen LogP contribution in [0.3, 0.4) is 0 Å². The first-order valence-corrected chi connectivity index (χ1v) is 11.7. The lowest BCUT2D eigenvalue weighted by molar-refractivity contribution is 0.209. The van der Waals surface area contributed by atoms with Crippen LogP contribution < -0.4 is 15.6 Å². The Kier molecular flexibility index (Phi) is 8.03. The number of anilines is 1. The van der Waals surface area contributed by atoms with E-state index in [0.29, 0.717) is 11.6 Å². The number of nitrogens with two attached hydrogens (primary N) is 1. The molecule has 3 aromatic rings. The van der Waals surface area contributed by atoms with Gasteiger partial charge in [0, 0.05) is 24.4 Å². The second-order valence-corrected chi connectivity index (χ2v) is 8.60. The highest BCUT2D eigenvalue weighted by Crippen LogP contribution is 2.23. The highest BCUT2D eigenvalue weighted by molar-refractivity contribution is 7.95. The quantitative estimate of drug-likeness (QED) is 0.365. The zero-order valence-corrected chi connectivity index (χ0v) is 19.9. The number of hydrogen-bond acceptors (Lipinski definition) is 7. The van der Waals surface area contributed by atoms with Gasteiger partial charge in [0.05, 0.1) is 18.6 Å². The van der Waals surface area contributed by atoms with Crippen LogP contribution in [0.1, 0.15) is 38.7 Å². The topological polar surface area (TPSA) is 108 Å². The second kappa shape index (κ2) is 10.7. The Hall–Kier alpha value is -2.72. The van der Waals surface area contributed by atoms with Crippen LogP contribution in [0, 0.1) is 0 Å².